The van der Waals surface area contributed by atoms with Crippen LogP contribution in [0.25, 0.3) is 0 Å². The first-order chi connectivity index (χ1) is 11.2. The molecular weight excluding hydrogens is 300 g/mol. The molecule has 128 valence electrons. The molecule has 4 aliphatic carbocycles. The lowest BCUT2D eigenvalue weighted by molar-refractivity contribution is -0.146. The maximum absolute atomic E-state index is 11.8. The fourth-order valence-corrected chi connectivity index (χ4v) is 6.57. The van der Waals surface area contributed by atoms with E-state index in [-0.39, 0.29) is 17.1 Å². The van der Waals surface area contributed by atoms with Crippen molar-refractivity contribution >= 4 is 5.78 Å². The summed E-state index contributed by atoms with van der Waals surface area (Å²) < 4.78 is 0. The van der Waals surface area contributed by atoms with Gasteiger partial charge in [-0.2, -0.15) is 0 Å². The molecule has 24 heavy (non-hydrogen) atoms. The molecule has 0 aromatic heterocycles. The minimum Gasteiger partial charge on any atom is -0.393 e. The molecule has 0 heterocycles. The minimum absolute atomic E-state index is 0.0543. The van der Waals surface area contributed by atoms with Gasteiger partial charge >= 0.3 is 0 Å². The number of hydrogen-bond donors (Lipinski definition) is 2. The first-order valence-corrected chi connectivity index (χ1v) is 9.08. The van der Waals surface area contributed by atoms with Crippen molar-refractivity contribution in [3.63, 3.8) is 0 Å². The number of carbonyl (C=O) groups is 1. The van der Waals surface area contributed by atoms with Crippen molar-refractivity contribution in [3.05, 3.63) is 23.8 Å². The molecule has 3 nitrogen and oxygen atoms in total. The van der Waals surface area contributed by atoms with Crippen LogP contribution in [0.1, 0.15) is 46.0 Å². The number of hydrogen-bond acceptors (Lipinski definition) is 3. The molecule has 0 bridgehead atoms. The number of allylic oxidation sites excluding steroid dienone is 4. The van der Waals surface area contributed by atoms with E-state index in [9.17, 15) is 15.0 Å². The monoisotopic (exact) mass is 326 g/mol. The summed E-state index contributed by atoms with van der Waals surface area (Å²) in [6, 6.07) is 0. The maximum atomic E-state index is 11.8. The fraction of sp³-hybridized carbons (Fsp3) is 0.667. The first-order valence-electron chi connectivity index (χ1n) is 9.08. The van der Waals surface area contributed by atoms with Gasteiger partial charge in [-0.1, -0.05) is 31.4 Å². The van der Waals surface area contributed by atoms with Crippen LogP contribution in [0.5, 0.6) is 0 Å². The summed E-state index contributed by atoms with van der Waals surface area (Å²) in [6.07, 6.45) is 14.5. The quantitative estimate of drug-likeness (QED) is 0.673. The number of terminal acetylenes is 1. The first kappa shape index (κ1) is 16.1. The molecule has 0 aliphatic heterocycles. The zero-order valence-electron chi connectivity index (χ0n) is 14.5. The highest BCUT2D eigenvalue weighted by Crippen LogP contribution is 2.66. The van der Waals surface area contributed by atoms with E-state index >= 15 is 0 Å². The van der Waals surface area contributed by atoms with E-state index in [0.29, 0.717) is 24.7 Å². The number of ketones is 1. The molecule has 0 radical (unpaired) electrons. The third-order valence-corrected chi connectivity index (χ3v) is 7.89. The highest BCUT2D eigenvalue weighted by molar-refractivity contribution is 6.01. The van der Waals surface area contributed by atoms with Crippen LogP contribution in [-0.4, -0.2) is 27.7 Å². The lowest BCUT2D eigenvalue weighted by Crippen LogP contribution is -2.59. The Bertz CT molecular complexity index is 698. The van der Waals surface area contributed by atoms with Crippen molar-refractivity contribution in [1.29, 1.82) is 0 Å². The molecule has 0 spiro atoms. The molecule has 0 aromatic carbocycles. The van der Waals surface area contributed by atoms with E-state index in [1.54, 1.807) is 12.2 Å². The van der Waals surface area contributed by atoms with E-state index < -0.39 is 17.1 Å². The smallest absolute Gasteiger partial charge is 0.178 e. The van der Waals surface area contributed by atoms with Crippen LogP contribution in [0.4, 0.5) is 0 Å². The lowest BCUT2D eigenvalue weighted by atomic mass is 9.46. The summed E-state index contributed by atoms with van der Waals surface area (Å²) in [7, 11) is 0. The summed E-state index contributed by atoms with van der Waals surface area (Å²) in [5.41, 5.74) is -0.634. The SMILES string of the molecule is C#C[C@@]1(O)CC[C@H]2[C@@H]3CCC4=CC(=O)C=C[C@]4(C)[C@H]3[C@H](O)C[C@@]21C. The van der Waals surface area contributed by atoms with Gasteiger partial charge in [-0.05, 0) is 56.1 Å². The standard InChI is InChI=1S/C21H26O3/c1-4-21(24)10-8-16-15-6-5-13-11-14(22)7-9-19(13,2)18(15)17(23)12-20(16,21)3/h1,7,9,11,15-18,23-24H,5-6,8,10,12H2,2-3H3/t15-,16-,17+,18+,19-,20-,21+/m0/s1. The lowest BCUT2D eigenvalue weighted by Gasteiger charge is -2.59. The van der Waals surface area contributed by atoms with Crippen LogP contribution >= 0.6 is 0 Å². The van der Waals surface area contributed by atoms with Gasteiger partial charge in [0.2, 0.25) is 0 Å². The number of carbonyl (C=O) groups excluding carboxylic acids is 1. The van der Waals surface area contributed by atoms with Crippen LogP contribution in [0.15, 0.2) is 23.8 Å². The minimum atomic E-state index is -1.11. The molecule has 3 saturated carbocycles. The number of aliphatic hydroxyl groups is 2. The van der Waals surface area contributed by atoms with Crippen LogP contribution in [0.2, 0.25) is 0 Å². The molecule has 0 unspecified atom stereocenters. The molecule has 0 aromatic rings. The van der Waals surface area contributed by atoms with Crippen LogP contribution in [-0.2, 0) is 4.79 Å². The number of aliphatic hydroxyl groups excluding tert-OH is 1. The van der Waals surface area contributed by atoms with Crippen molar-refractivity contribution in [1.82, 2.24) is 0 Å². The van der Waals surface area contributed by atoms with Crippen LogP contribution in [0, 0.1) is 40.9 Å². The highest BCUT2D eigenvalue weighted by atomic mass is 16.3. The average molecular weight is 326 g/mol. The van der Waals surface area contributed by atoms with Gasteiger partial charge < -0.3 is 10.2 Å². The zero-order chi connectivity index (χ0) is 17.3. The van der Waals surface area contributed by atoms with Gasteiger partial charge in [0.1, 0.15) is 5.60 Å². The Morgan fingerprint density at radius 2 is 2.08 bits per heavy atom. The van der Waals surface area contributed by atoms with E-state index in [0.717, 1.165) is 24.8 Å². The van der Waals surface area contributed by atoms with Gasteiger partial charge in [0.05, 0.1) is 6.10 Å². The normalized spacial score (nSPS) is 52.8. The summed E-state index contributed by atoms with van der Waals surface area (Å²) >= 11 is 0. The molecule has 4 rings (SSSR count). The van der Waals surface area contributed by atoms with Crippen molar-refractivity contribution in [2.45, 2.75) is 57.7 Å². The van der Waals surface area contributed by atoms with Gasteiger partial charge in [-0.25, -0.2) is 0 Å². The predicted molar refractivity (Wildman–Crippen MR) is 91.8 cm³/mol. The molecule has 4 aliphatic rings. The summed E-state index contributed by atoms with van der Waals surface area (Å²) in [5, 5.41) is 22.1. The molecule has 2 N–H and O–H groups in total. The largest absolute Gasteiger partial charge is 0.393 e. The molecule has 0 amide bonds. The Balaban J connectivity index is 1.77. The Labute approximate surface area is 143 Å². The number of fused-ring (bicyclic) bond motifs is 5. The van der Waals surface area contributed by atoms with Crippen molar-refractivity contribution in [2.24, 2.45) is 28.6 Å². The van der Waals surface area contributed by atoms with E-state index in [4.69, 9.17) is 6.42 Å². The van der Waals surface area contributed by atoms with Gasteiger partial charge in [-0.3, -0.25) is 4.79 Å². The Morgan fingerprint density at radius 3 is 2.79 bits per heavy atom. The van der Waals surface area contributed by atoms with E-state index in [1.807, 2.05) is 6.08 Å². The fourth-order valence-electron chi connectivity index (χ4n) is 6.57. The Hall–Kier alpha value is -1.37. The second-order valence-electron chi connectivity index (χ2n) is 8.76. The van der Waals surface area contributed by atoms with Crippen molar-refractivity contribution in [3.8, 4) is 12.3 Å². The second kappa shape index (κ2) is 4.84. The van der Waals surface area contributed by atoms with Gasteiger partial charge in [0.25, 0.3) is 0 Å². The zero-order valence-corrected chi connectivity index (χ0v) is 14.5. The third kappa shape index (κ3) is 1.79. The molecule has 3 heteroatoms. The molecule has 3 fully saturated rings. The Morgan fingerprint density at radius 1 is 1.33 bits per heavy atom. The van der Waals surface area contributed by atoms with E-state index in [1.165, 1.54) is 0 Å². The average Bonchev–Trinajstić information content (AvgIpc) is 2.79. The highest BCUT2D eigenvalue weighted by Gasteiger charge is 2.65. The summed E-state index contributed by atoms with van der Waals surface area (Å²) in [4.78, 5) is 11.8. The summed E-state index contributed by atoms with van der Waals surface area (Å²) in [5.74, 6) is 3.46. The number of rotatable bonds is 0. The topological polar surface area (TPSA) is 57.5 Å². The predicted octanol–water partition coefficient (Wildman–Crippen LogP) is 2.63. The summed E-state index contributed by atoms with van der Waals surface area (Å²) in [6.45, 7) is 4.23. The molecule has 0 saturated heterocycles. The third-order valence-electron chi connectivity index (χ3n) is 7.89. The molecular formula is C21H26O3. The second-order valence-corrected chi connectivity index (χ2v) is 8.76. The Kier molecular flexibility index (Phi) is 3.25. The maximum Gasteiger partial charge on any atom is 0.178 e. The van der Waals surface area contributed by atoms with Crippen molar-refractivity contribution in [2.75, 3.05) is 0 Å². The van der Waals surface area contributed by atoms with Crippen LogP contribution < -0.4 is 0 Å². The van der Waals surface area contributed by atoms with Gasteiger partial charge in [0, 0.05) is 16.7 Å². The van der Waals surface area contributed by atoms with Gasteiger partial charge in [0.15, 0.2) is 5.78 Å². The molecule has 7 atom stereocenters. The van der Waals surface area contributed by atoms with Crippen LogP contribution in [0.3, 0.4) is 0 Å². The van der Waals surface area contributed by atoms with E-state index in [2.05, 4.69) is 19.8 Å². The van der Waals surface area contributed by atoms with Gasteiger partial charge in [-0.15, -0.1) is 6.42 Å². The van der Waals surface area contributed by atoms with Crippen molar-refractivity contribution < 1.29 is 15.0 Å².